The fourth-order valence-electron chi connectivity index (χ4n) is 3.35. The summed E-state index contributed by atoms with van der Waals surface area (Å²) in [7, 11) is 0. The number of para-hydroxylation sites is 1. The van der Waals surface area contributed by atoms with Crippen LogP contribution in [0.5, 0.6) is 0 Å². The molecule has 6 nitrogen and oxygen atoms in total. The molecule has 0 radical (unpaired) electrons. The second kappa shape index (κ2) is 7.23. The molecular weight excluding hydrogens is 352 g/mol. The van der Waals surface area contributed by atoms with Crippen LogP contribution in [0, 0.1) is 6.92 Å². The predicted molar refractivity (Wildman–Crippen MR) is 108 cm³/mol. The molecule has 1 aliphatic heterocycles. The Hall–Kier alpha value is -3.54. The van der Waals surface area contributed by atoms with Crippen molar-refractivity contribution in [3.8, 4) is 0 Å². The molecule has 0 bridgehead atoms. The molecule has 0 aliphatic carbocycles. The largest absolute Gasteiger partial charge is 0.321 e. The zero-order chi connectivity index (χ0) is 19.7. The molecule has 0 atom stereocenters. The lowest BCUT2D eigenvalue weighted by molar-refractivity contribution is 0.100. The molecule has 2 heterocycles. The molecule has 1 amide bonds. The zero-order valence-electron chi connectivity index (χ0n) is 15.8. The number of fused-ring (bicyclic) bond motifs is 1. The number of ketones is 1. The molecule has 0 saturated carbocycles. The minimum Gasteiger partial charge on any atom is -0.321 e. The summed E-state index contributed by atoms with van der Waals surface area (Å²) >= 11 is 0. The molecule has 0 fully saturated rings. The van der Waals surface area contributed by atoms with Crippen molar-refractivity contribution in [3.05, 3.63) is 77.1 Å². The van der Waals surface area contributed by atoms with Crippen molar-refractivity contribution in [1.82, 2.24) is 9.97 Å². The van der Waals surface area contributed by atoms with Crippen LogP contribution < -0.4 is 10.2 Å². The Kier molecular flexibility index (Phi) is 4.61. The molecule has 3 aromatic rings. The molecule has 1 aromatic heterocycles. The van der Waals surface area contributed by atoms with Crippen molar-refractivity contribution in [3.63, 3.8) is 0 Å². The van der Waals surface area contributed by atoms with Crippen LogP contribution in [0.1, 0.15) is 39.0 Å². The van der Waals surface area contributed by atoms with Crippen molar-refractivity contribution in [1.29, 1.82) is 0 Å². The smallest absolute Gasteiger partial charge is 0.274 e. The maximum atomic E-state index is 12.8. The Bertz CT molecular complexity index is 1080. The Morgan fingerprint density at radius 1 is 1.04 bits per heavy atom. The lowest BCUT2D eigenvalue weighted by Crippen LogP contribution is -2.20. The second-order valence-corrected chi connectivity index (χ2v) is 6.82. The van der Waals surface area contributed by atoms with Gasteiger partial charge >= 0.3 is 0 Å². The van der Waals surface area contributed by atoms with Gasteiger partial charge in [-0.3, -0.25) is 9.59 Å². The number of benzene rings is 2. The summed E-state index contributed by atoms with van der Waals surface area (Å²) in [5, 5.41) is 2.82. The minimum absolute atomic E-state index is 0.0519. The van der Waals surface area contributed by atoms with E-state index in [4.69, 9.17) is 0 Å². The van der Waals surface area contributed by atoms with E-state index in [1.807, 2.05) is 30.0 Å². The van der Waals surface area contributed by atoms with Crippen LogP contribution >= 0.6 is 0 Å². The maximum Gasteiger partial charge on any atom is 0.274 e. The van der Waals surface area contributed by atoms with Gasteiger partial charge < -0.3 is 10.2 Å². The van der Waals surface area contributed by atoms with Crippen molar-refractivity contribution < 1.29 is 9.59 Å². The van der Waals surface area contributed by atoms with E-state index in [1.54, 1.807) is 30.3 Å². The van der Waals surface area contributed by atoms with Crippen LogP contribution in [0.2, 0.25) is 0 Å². The standard InChI is InChI=1S/C22H20N4O2/c1-14-12-19(21(28)24-18-8-5-7-17(13-18)15(2)27)25-22(23-14)26-11-10-16-6-3-4-9-20(16)26/h3-9,12-13H,10-11H2,1-2H3,(H,24,28). The van der Waals surface area contributed by atoms with Gasteiger partial charge in [0.1, 0.15) is 5.69 Å². The van der Waals surface area contributed by atoms with Crippen molar-refractivity contribution in [2.24, 2.45) is 0 Å². The van der Waals surface area contributed by atoms with E-state index >= 15 is 0 Å². The summed E-state index contributed by atoms with van der Waals surface area (Å²) in [6.07, 6.45) is 0.923. The van der Waals surface area contributed by atoms with Gasteiger partial charge in [0.2, 0.25) is 5.95 Å². The van der Waals surface area contributed by atoms with E-state index in [1.165, 1.54) is 12.5 Å². The number of nitrogens with zero attached hydrogens (tertiary/aromatic N) is 3. The summed E-state index contributed by atoms with van der Waals surface area (Å²) in [5.41, 5.74) is 4.44. The van der Waals surface area contributed by atoms with Crippen LogP contribution in [0.3, 0.4) is 0 Å². The SMILES string of the molecule is CC(=O)c1cccc(NC(=O)c2cc(C)nc(N3CCc4ccccc43)n2)c1. The monoisotopic (exact) mass is 372 g/mol. The number of aryl methyl sites for hydroxylation is 1. The first-order valence-electron chi connectivity index (χ1n) is 9.15. The van der Waals surface area contributed by atoms with E-state index < -0.39 is 0 Å². The normalized spacial score (nSPS) is 12.6. The Labute approximate surface area is 163 Å². The minimum atomic E-state index is -0.333. The highest BCUT2D eigenvalue weighted by atomic mass is 16.2. The van der Waals surface area contributed by atoms with E-state index in [-0.39, 0.29) is 11.7 Å². The number of amides is 1. The Balaban J connectivity index is 1.62. The van der Waals surface area contributed by atoms with Gasteiger partial charge in [0, 0.05) is 29.2 Å². The van der Waals surface area contributed by atoms with Crippen LogP contribution in [0.4, 0.5) is 17.3 Å². The molecule has 28 heavy (non-hydrogen) atoms. The van der Waals surface area contributed by atoms with E-state index in [0.717, 1.165) is 24.3 Å². The summed E-state index contributed by atoms with van der Waals surface area (Å²) in [6, 6.07) is 16.7. The molecule has 1 aliphatic rings. The number of nitrogens with one attached hydrogen (secondary N) is 1. The number of hydrogen-bond donors (Lipinski definition) is 1. The van der Waals surface area contributed by atoms with Crippen molar-refractivity contribution in [2.75, 3.05) is 16.8 Å². The molecule has 4 rings (SSSR count). The second-order valence-electron chi connectivity index (χ2n) is 6.82. The fourth-order valence-corrected chi connectivity index (χ4v) is 3.35. The third-order valence-electron chi connectivity index (χ3n) is 4.73. The van der Waals surface area contributed by atoms with Crippen LogP contribution in [0.25, 0.3) is 0 Å². The van der Waals surface area contributed by atoms with Gasteiger partial charge in [0.05, 0.1) is 0 Å². The number of carbonyl (C=O) groups is 2. The predicted octanol–water partition coefficient (Wildman–Crippen LogP) is 3.93. The molecule has 0 saturated heterocycles. The molecule has 0 spiro atoms. The van der Waals surface area contributed by atoms with Gasteiger partial charge in [-0.2, -0.15) is 0 Å². The summed E-state index contributed by atoms with van der Waals surface area (Å²) < 4.78 is 0. The Morgan fingerprint density at radius 3 is 2.68 bits per heavy atom. The van der Waals surface area contributed by atoms with Gasteiger partial charge in [-0.15, -0.1) is 0 Å². The lowest BCUT2D eigenvalue weighted by Gasteiger charge is -2.18. The third kappa shape index (κ3) is 3.49. The number of carbonyl (C=O) groups excluding carboxylic acids is 2. The van der Waals surface area contributed by atoms with Crippen molar-refractivity contribution >= 4 is 29.0 Å². The maximum absolute atomic E-state index is 12.8. The van der Waals surface area contributed by atoms with Crippen molar-refractivity contribution in [2.45, 2.75) is 20.3 Å². The van der Waals surface area contributed by atoms with Gasteiger partial charge in [-0.1, -0.05) is 30.3 Å². The van der Waals surface area contributed by atoms with Gasteiger partial charge in [-0.05, 0) is 50.1 Å². The van der Waals surface area contributed by atoms with Gasteiger partial charge in [-0.25, -0.2) is 9.97 Å². The topological polar surface area (TPSA) is 75.2 Å². The third-order valence-corrected chi connectivity index (χ3v) is 4.73. The highest BCUT2D eigenvalue weighted by Gasteiger charge is 2.23. The number of anilines is 3. The highest BCUT2D eigenvalue weighted by Crippen LogP contribution is 2.32. The van der Waals surface area contributed by atoms with Crippen LogP contribution in [-0.4, -0.2) is 28.2 Å². The average Bonchev–Trinajstić information content (AvgIpc) is 3.12. The zero-order valence-corrected chi connectivity index (χ0v) is 15.8. The quantitative estimate of drug-likeness (QED) is 0.702. The lowest BCUT2D eigenvalue weighted by atomic mass is 10.1. The molecular formula is C22H20N4O2. The van der Waals surface area contributed by atoms with Gasteiger partial charge in [0.25, 0.3) is 5.91 Å². The average molecular weight is 372 g/mol. The van der Waals surface area contributed by atoms with E-state index in [9.17, 15) is 9.59 Å². The Morgan fingerprint density at radius 2 is 1.86 bits per heavy atom. The van der Waals surface area contributed by atoms with Crippen LogP contribution in [-0.2, 0) is 6.42 Å². The molecule has 140 valence electrons. The van der Waals surface area contributed by atoms with Gasteiger partial charge in [0.15, 0.2) is 5.78 Å². The molecule has 6 heteroatoms. The highest BCUT2D eigenvalue weighted by molar-refractivity contribution is 6.04. The first kappa shape index (κ1) is 17.9. The summed E-state index contributed by atoms with van der Waals surface area (Å²) in [5.74, 6) is 0.136. The van der Waals surface area contributed by atoms with Crippen LogP contribution in [0.15, 0.2) is 54.6 Å². The molecule has 0 unspecified atom stereocenters. The summed E-state index contributed by atoms with van der Waals surface area (Å²) in [4.78, 5) is 35.4. The number of rotatable bonds is 4. The first-order valence-corrected chi connectivity index (χ1v) is 9.15. The molecule has 2 aromatic carbocycles. The van der Waals surface area contributed by atoms with E-state index in [0.29, 0.717) is 22.9 Å². The molecule has 1 N–H and O–H groups in total. The summed E-state index contributed by atoms with van der Waals surface area (Å²) in [6.45, 7) is 4.12. The first-order chi connectivity index (χ1) is 13.5. The number of Topliss-reactive ketones (excluding diaryl/α,β-unsaturated/α-hetero) is 1. The van der Waals surface area contributed by atoms with E-state index in [2.05, 4.69) is 21.4 Å². The number of hydrogen-bond acceptors (Lipinski definition) is 5. The number of aromatic nitrogens is 2. The fraction of sp³-hybridized carbons (Fsp3) is 0.182.